The fraction of sp³-hybridized carbons (Fsp3) is 0.192. The third-order valence-corrected chi connectivity index (χ3v) is 6.87. The molecule has 4 aromatic rings. The van der Waals surface area contributed by atoms with Crippen LogP contribution >= 0.6 is 11.8 Å². The van der Waals surface area contributed by atoms with Gasteiger partial charge in [-0.25, -0.2) is 4.68 Å². The van der Waals surface area contributed by atoms with E-state index >= 15 is 0 Å². The number of aromatic nitrogens is 3. The number of fused-ring (bicyclic) bond motifs is 1. The van der Waals surface area contributed by atoms with Crippen LogP contribution in [0.2, 0.25) is 0 Å². The fourth-order valence-corrected chi connectivity index (χ4v) is 5.19. The second kappa shape index (κ2) is 8.75. The highest BCUT2D eigenvalue weighted by Crippen LogP contribution is 2.39. The molecule has 2 unspecified atom stereocenters. The van der Waals surface area contributed by atoms with E-state index in [0.717, 1.165) is 33.8 Å². The van der Waals surface area contributed by atoms with Crippen molar-refractivity contribution in [2.24, 2.45) is 0 Å². The molecule has 1 aliphatic heterocycles. The van der Waals surface area contributed by atoms with Gasteiger partial charge in [-0.2, -0.15) is 0 Å². The Morgan fingerprint density at radius 1 is 0.909 bits per heavy atom. The molecule has 6 nitrogen and oxygen atoms in total. The van der Waals surface area contributed by atoms with E-state index in [2.05, 4.69) is 58.2 Å². The van der Waals surface area contributed by atoms with Gasteiger partial charge in [0, 0.05) is 11.3 Å². The van der Waals surface area contributed by atoms with Gasteiger partial charge < -0.3 is 10.7 Å². The number of carbonyl (C=O) groups is 1. The molecule has 2 heterocycles. The van der Waals surface area contributed by atoms with Crippen molar-refractivity contribution in [1.82, 2.24) is 14.9 Å². The molecule has 0 spiro atoms. The molecule has 7 heteroatoms. The molecule has 5 rings (SSSR count). The monoisotopic (exact) mass is 455 g/mol. The summed E-state index contributed by atoms with van der Waals surface area (Å²) >= 11 is 1.43. The van der Waals surface area contributed by atoms with Gasteiger partial charge in [-0.15, -0.1) is 10.2 Å². The minimum atomic E-state index is -0.422. The van der Waals surface area contributed by atoms with Crippen molar-refractivity contribution < 1.29 is 4.79 Å². The highest BCUT2D eigenvalue weighted by molar-refractivity contribution is 8.00. The predicted molar refractivity (Wildman–Crippen MR) is 133 cm³/mol. The normalized spacial score (nSPS) is 17.2. The van der Waals surface area contributed by atoms with Crippen LogP contribution in [-0.2, 0) is 4.79 Å². The Morgan fingerprint density at radius 3 is 2.30 bits per heavy atom. The Kier molecular flexibility index (Phi) is 5.64. The van der Waals surface area contributed by atoms with Crippen molar-refractivity contribution in [3.8, 4) is 11.4 Å². The molecule has 2 atom stereocenters. The van der Waals surface area contributed by atoms with Crippen LogP contribution in [0.5, 0.6) is 0 Å². The zero-order chi connectivity index (χ0) is 22.9. The van der Waals surface area contributed by atoms with Gasteiger partial charge in [0.15, 0.2) is 5.82 Å². The van der Waals surface area contributed by atoms with Crippen molar-refractivity contribution >= 4 is 23.4 Å². The molecule has 166 valence electrons. The maximum atomic E-state index is 13.5. The summed E-state index contributed by atoms with van der Waals surface area (Å²) in [6.07, 6.45) is 0. The van der Waals surface area contributed by atoms with Gasteiger partial charge in [0.05, 0.1) is 6.04 Å². The maximum Gasteiger partial charge on any atom is 0.240 e. The van der Waals surface area contributed by atoms with Crippen LogP contribution < -0.4 is 10.7 Å². The standard InChI is InChI=1S/C26H25N5OS/c1-16-9-11-19(12-10-16)22-23(25(32)27-21-14-17(2)13-18(3)15-21)33-26-29-28-24(31(26)30-22)20-7-5-4-6-8-20/h4-15,22-23,30H,1-3H3,(H,27,32). The first-order chi connectivity index (χ1) is 16.0. The van der Waals surface area contributed by atoms with Crippen LogP contribution in [0.1, 0.15) is 28.3 Å². The van der Waals surface area contributed by atoms with E-state index in [-0.39, 0.29) is 11.9 Å². The SMILES string of the molecule is Cc1ccc(C2Nn3c(nnc3-c3ccccc3)SC2C(=O)Nc2cc(C)cc(C)c2)cc1. The van der Waals surface area contributed by atoms with E-state index in [1.54, 1.807) is 0 Å². The van der Waals surface area contributed by atoms with Crippen LogP contribution in [0.15, 0.2) is 78.0 Å². The predicted octanol–water partition coefficient (Wildman–Crippen LogP) is 5.27. The molecule has 0 saturated carbocycles. The first-order valence-corrected chi connectivity index (χ1v) is 11.8. The van der Waals surface area contributed by atoms with Crippen LogP contribution in [-0.4, -0.2) is 26.0 Å². The summed E-state index contributed by atoms with van der Waals surface area (Å²) in [5, 5.41) is 12.1. The topological polar surface area (TPSA) is 71.8 Å². The van der Waals surface area contributed by atoms with Gasteiger partial charge in [-0.1, -0.05) is 78.0 Å². The number of aryl methyl sites for hydroxylation is 3. The van der Waals surface area contributed by atoms with E-state index in [0.29, 0.717) is 5.16 Å². The largest absolute Gasteiger partial charge is 0.325 e. The summed E-state index contributed by atoms with van der Waals surface area (Å²) in [6.45, 7) is 6.12. The van der Waals surface area contributed by atoms with Crippen molar-refractivity contribution in [2.45, 2.75) is 37.2 Å². The van der Waals surface area contributed by atoms with Gasteiger partial charge in [0.1, 0.15) is 5.25 Å². The molecule has 0 bridgehead atoms. The van der Waals surface area contributed by atoms with Gasteiger partial charge in [0.2, 0.25) is 11.1 Å². The molecule has 1 amide bonds. The van der Waals surface area contributed by atoms with Crippen molar-refractivity contribution in [3.63, 3.8) is 0 Å². The Bertz CT molecular complexity index is 1280. The third kappa shape index (κ3) is 4.36. The number of thioether (sulfide) groups is 1. The first-order valence-electron chi connectivity index (χ1n) is 10.9. The lowest BCUT2D eigenvalue weighted by Gasteiger charge is -2.33. The lowest BCUT2D eigenvalue weighted by Crippen LogP contribution is -2.41. The first kappa shape index (κ1) is 21.3. The Labute approximate surface area is 197 Å². The number of anilines is 1. The van der Waals surface area contributed by atoms with E-state index < -0.39 is 5.25 Å². The number of carbonyl (C=O) groups excluding carboxylic acids is 1. The molecule has 0 fully saturated rings. The number of benzene rings is 3. The van der Waals surface area contributed by atoms with Crippen molar-refractivity contribution in [3.05, 3.63) is 95.1 Å². The van der Waals surface area contributed by atoms with Gasteiger partial charge in [-0.05, 0) is 49.6 Å². The number of hydrogen-bond acceptors (Lipinski definition) is 5. The number of nitrogens with one attached hydrogen (secondary N) is 2. The minimum absolute atomic E-state index is 0.0708. The minimum Gasteiger partial charge on any atom is -0.325 e. The number of nitrogens with zero attached hydrogens (tertiary/aromatic N) is 3. The fourth-order valence-electron chi connectivity index (χ4n) is 4.11. The molecule has 1 aromatic heterocycles. The Hall–Kier alpha value is -3.58. The highest BCUT2D eigenvalue weighted by atomic mass is 32.2. The maximum absolute atomic E-state index is 13.5. The highest BCUT2D eigenvalue weighted by Gasteiger charge is 2.38. The Balaban J connectivity index is 1.51. The molecule has 2 N–H and O–H groups in total. The number of amides is 1. The van der Waals surface area contributed by atoms with Crippen molar-refractivity contribution in [2.75, 3.05) is 10.7 Å². The second-order valence-corrected chi connectivity index (χ2v) is 9.54. The van der Waals surface area contributed by atoms with Crippen molar-refractivity contribution in [1.29, 1.82) is 0 Å². The summed E-state index contributed by atoms with van der Waals surface area (Å²) in [4.78, 5) is 13.5. The lowest BCUT2D eigenvalue weighted by molar-refractivity contribution is -0.116. The van der Waals surface area contributed by atoms with Crippen LogP contribution in [0.25, 0.3) is 11.4 Å². The smallest absolute Gasteiger partial charge is 0.240 e. The molecule has 0 aliphatic carbocycles. The zero-order valence-electron chi connectivity index (χ0n) is 18.7. The molecular weight excluding hydrogens is 430 g/mol. The summed E-state index contributed by atoms with van der Waals surface area (Å²) < 4.78 is 1.89. The van der Waals surface area contributed by atoms with E-state index in [1.807, 2.05) is 61.0 Å². The van der Waals surface area contributed by atoms with Crippen LogP contribution in [0.3, 0.4) is 0 Å². The summed E-state index contributed by atoms with van der Waals surface area (Å²) in [5.41, 5.74) is 9.73. The third-order valence-electron chi connectivity index (χ3n) is 5.65. The molecule has 0 saturated heterocycles. The molecule has 3 aromatic carbocycles. The van der Waals surface area contributed by atoms with Gasteiger partial charge >= 0.3 is 0 Å². The van der Waals surface area contributed by atoms with E-state index in [4.69, 9.17) is 0 Å². The number of rotatable bonds is 4. The Morgan fingerprint density at radius 2 is 1.61 bits per heavy atom. The molecule has 33 heavy (non-hydrogen) atoms. The van der Waals surface area contributed by atoms with E-state index in [9.17, 15) is 4.79 Å². The molecule has 0 radical (unpaired) electrons. The average molecular weight is 456 g/mol. The lowest BCUT2D eigenvalue weighted by atomic mass is 10.0. The molecular formula is C26H25N5OS. The van der Waals surface area contributed by atoms with Crippen LogP contribution in [0, 0.1) is 20.8 Å². The average Bonchev–Trinajstić information content (AvgIpc) is 3.21. The second-order valence-electron chi connectivity index (χ2n) is 8.43. The summed E-state index contributed by atoms with van der Waals surface area (Å²) in [7, 11) is 0. The quantitative estimate of drug-likeness (QED) is 0.439. The summed E-state index contributed by atoms with van der Waals surface area (Å²) in [6, 6.07) is 24.0. The zero-order valence-corrected chi connectivity index (χ0v) is 19.6. The van der Waals surface area contributed by atoms with E-state index in [1.165, 1.54) is 17.3 Å². The van der Waals surface area contributed by atoms with Gasteiger partial charge in [-0.3, -0.25) is 4.79 Å². The molecule has 1 aliphatic rings. The number of hydrogen-bond donors (Lipinski definition) is 2. The van der Waals surface area contributed by atoms with Crippen LogP contribution in [0.4, 0.5) is 5.69 Å². The summed E-state index contributed by atoms with van der Waals surface area (Å²) in [5.74, 6) is 0.655. The van der Waals surface area contributed by atoms with Gasteiger partial charge in [0.25, 0.3) is 0 Å².